The van der Waals surface area contributed by atoms with Gasteiger partial charge in [0.15, 0.2) is 11.5 Å². The SMILES string of the molecule is COc1ccc(/C=C/[C@H](CO)OC)cc1OC. The fraction of sp³-hybridized carbons (Fsp3) is 0.385. The number of hydrogen-bond acceptors (Lipinski definition) is 4. The zero-order valence-corrected chi connectivity index (χ0v) is 10.3. The molecular formula is C13H18O4. The summed E-state index contributed by atoms with van der Waals surface area (Å²) in [5.74, 6) is 1.36. The molecule has 0 amide bonds. The van der Waals surface area contributed by atoms with E-state index in [1.54, 1.807) is 27.4 Å². The highest BCUT2D eigenvalue weighted by molar-refractivity contribution is 5.56. The molecule has 0 fully saturated rings. The molecule has 0 radical (unpaired) electrons. The van der Waals surface area contributed by atoms with Gasteiger partial charge in [-0.2, -0.15) is 0 Å². The summed E-state index contributed by atoms with van der Waals surface area (Å²) in [6, 6.07) is 5.60. The minimum absolute atomic E-state index is 0.0414. The maximum absolute atomic E-state index is 8.97. The van der Waals surface area contributed by atoms with Crippen molar-refractivity contribution in [1.82, 2.24) is 0 Å². The van der Waals surface area contributed by atoms with Crippen LogP contribution in [0.3, 0.4) is 0 Å². The van der Waals surface area contributed by atoms with E-state index in [2.05, 4.69) is 0 Å². The maximum atomic E-state index is 8.97. The second-order valence-corrected chi connectivity index (χ2v) is 3.43. The largest absolute Gasteiger partial charge is 0.493 e. The fourth-order valence-electron chi connectivity index (χ4n) is 1.39. The van der Waals surface area contributed by atoms with Crippen LogP contribution in [0.1, 0.15) is 5.56 Å². The number of aliphatic hydroxyl groups excluding tert-OH is 1. The summed E-state index contributed by atoms with van der Waals surface area (Å²) < 4.78 is 15.4. The molecule has 0 unspecified atom stereocenters. The summed E-state index contributed by atoms with van der Waals surface area (Å²) >= 11 is 0. The molecule has 0 spiro atoms. The van der Waals surface area contributed by atoms with Gasteiger partial charge >= 0.3 is 0 Å². The van der Waals surface area contributed by atoms with Gasteiger partial charge < -0.3 is 19.3 Å². The van der Waals surface area contributed by atoms with Crippen molar-refractivity contribution in [2.45, 2.75) is 6.10 Å². The van der Waals surface area contributed by atoms with E-state index in [0.29, 0.717) is 11.5 Å². The quantitative estimate of drug-likeness (QED) is 0.819. The number of aliphatic hydroxyl groups is 1. The molecular weight excluding hydrogens is 220 g/mol. The first-order valence-electron chi connectivity index (χ1n) is 5.29. The van der Waals surface area contributed by atoms with E-state index in [9.17, 15) is 0 Å². The lowest BCUT2D eigenvalue weighted by molar-refractivity contribution is 0.0825. The number of methoxy groups -OCH3 is 3. The van der Waals surface area contributed by atoms with Crippen molar-refractivity contribution in [3.05, 3.63) is 29.8 Å². The van der Waals surface area contributed by atoms with E-state index >= 15 is 0 Å². The molecule has 0 saturated carbocycles. The molecule has 0 bridgehead atoms. The number of rotatable bonds is 6. The zero-order chi connectivity index (χ0) is 12.7. The summed E-state index contributed by atoms with van der Waals surface area (Å²) in [6.45, 7) is -0.0414. The highest BCUT2D eigenvalue weighted by atomic mass is 16.5. The molecule has 1 rings (SSSR count). The van der Waals surface area contributed by atoms with Gasteiger partial charge in [0.25, 0.3) is 0 Å². The van der Waals surface area contributed by atoms with Crippen molar-refractivity contribution >= 4 is 6.08 Å². The summed E-state index contributed by atoms with van der Waals surface area (Å²) in [7, 11) is 4.75. The van der Waals surface area contributed by atoms with Crippen molar-refractivity contribution in [3.8, 4) is 11.5 Å². The molecule has 0 saturated heterocycles. The monoisotopic (exact) mass is 238 g/mol. The second-order valence-electron chi connectivity index (χ2n) is 3.43. The molecule has 0 aliphatic carbocycles. The minimum Gasteiger partial charge on any atom is -0.493 e. The smallest absolute Gasteiger partial charge is 0.161 e. The number of benzene rings is 1. The Bertz CT molecular complexity index is 370. The molecule has 0 aliphatic heterocycles. The first-order chi connectivity index (χ1) is 8.24. The molecule has 0 aliphatic rings. The Hall–Kier alpha value is -1.52. The molecule has 17 heavy (non-hydrogen) atoms. The van der Waals surface area contributed by atoms with Gasteiger partial charge in [-0.05, 0) is 17.7 Å². The molecule has 4 heteroatoms. The standard InChI is InChI=1S/C13H18O4/c1-15-11(9-14)6-4-10-5-7-12(16-2)13(8-10)17-3/h4-8,11,14H,9H2,1-3H3/b6-4+/t11-/m1/s1. The van der Waals surface area contributed by atoms with E-state index < -0.39 is 0 Å². The van der Waals surface area contributed by atoms with Crippen LogP contribution in [0.4, 0.5) is 0 Å². The van der Waals surface area contributed by atoms with Crippen LogP contribution >= 0.6 is 0 Å². The lowest BCUT2D eigenvalue weighted by Gasteiger charge is -2.08. The fourth-order valence-corrected chi connectivity index (χ4v) is 1.39. The molecule has 0 aromatic heterocycles. The van der Waals surface area contributed by atoms with Gasteiger partial charge in [-0.1, -0.05) is 18.2 Å². The second kappa shape index (κ2) is 6.93. The van der Waals surface area contributed by atoms with E-state index in [1.807, 2.05) is 24.3 Å². The molecule has 1 aromatic rings. The molecule has 4 nitrogen and oxygen atoms in total. The van der Waals surface area contributed by atoms with Gasteiger partial charge in [-0.15, -0.1) is 0 Å². The average Bonchev–Trinajstić information content (AvgIpc) is 2.39. The van der Waals surface area contributed by atoms with Crippen molar-refractivity contribution in [2.75, 3.05) is 27.9 Å². The van der Waals surface area contributed by atoms with Crippen molar-refractivity contribution in [1.29, 1.82) is 0 Å². The highest BCUT2D eigenvalue weighted by Crippen LogP contribution is 2.27. The van der Waals surface area contributed by atoms with Gasteiger partial charge in [0.2, 0.25) is 0 Å². The van der Waals surface area contributed by atoms with E-state index in [1.165, 1.54) is 0 Å². The number of hydrogen-bond donors (Lipinski definition) is 1. The van der Waals surface area contributed by atoms with Crippen LogP contribution in [0.25, 0.3) is 6.08 Å². The molecule has 94 valence electrons. The first kappa shape index (κ1) is 13.5. The predicted molar refractivity (Wildman–Crippen MR) is 66.5 cm³/mol. The third-order valence-electron chi connectivity index (χ3n) is 2.39. The van der Waals surface area contributed by atoms with Crippen molar-refractivity contribution in [2.24, 2.45) is 0 Å². The first-order valence-corrected chi connectivity index (χ1v) is 5.29. The Labute approximate surface area is 101 Å². The van der Waals surface area contributed by atoms with Crippen LogP contribution in [0.15, 0.2) is 24.3 Å². The molecule has 1 atom stereocenters. The molecule has 0 heterocycles. The minimum atomic E-state index is -0.289. The number of ether oxygens (including phenoxy) is 3. The van der Waals surface area contributed by atoms with E-state index in [0.717, 1.165) is 5.56 Å². The van der Waals surface area contributed by atoms with Crippen molar-refractivity contribution in [3.63, 3.8) is 0 Å². The summed E-state index contributed by atoms with van der Waals surface area (Å²) in [5, 5.41) is 8.97. The topological polar surface area (TPSA) is 47.9 Å². The highest BCUT2D eigenvalue weighted by Gasteiger charge is 2.03. The Morgan fingerprint density at radius 2 is 1.88 bits per heavy atom. The summed E-state index contributed by atoms with van der Waals surface area (Å²) in [6.07, 6.45) is 3.37. The Morgan fingerprint density at radius 3 is 2.41 bits per heavy atom. The van der Waals surface area contributed by atoms with Gasteiger partial charge in [0, 0.05) is 7.11 Å². The summed E-state index contributed by atoms with van der Waals surface area (Å²) in [5.41, 5.74) is 0.957. The van der Waals surface area contributed by atoms with Crippen LogP contribution in [0, 0.1) is 0 Å². The van der Waals surface area contributed by atoms with Crippen LogP contribution < -0.4 is 9.47 Å². The van der Waals surface area contributed by atoms with Crippen molar-refractivity contribution < 1.29 is 19.3 Å². The Kier molecular flexibility index (Phi) is 5.52. The van der Waals surface area contributed by atoms with Gasteiger partial charge in [-0.25, -0.2) is 0 Å². The maximum Gasteiger partial charge on any atom is 0.161 e. The summed E-state index contributed by atoms with van der Waals surface area (Å²) in [4.78, 5) is 0. The van der Waals surface area contributed by atoms with Gasteiger partial charge in [0.05, 0.1) is 26.9 Å². The Morgan fingerprint density at radius 1 is 1.18 bits per heavy atom. The zero-order valence-electron chi connectivity index (χ0n) is 10.3. The van der Waals surface area contributed by atoms with Crippen LogP contribution in [0.2, 0.25) is 0 Å². The van der Waals surface area contributed by atoms with E-state index in [-0.39, 0.29) is 12.7 Å². The average molecular weight is 238 g/mol. The molecule has 1 N–H and O–H groups in total. The molecule has 1 aromatic carbocycles. The lowest BCUT2D eigenvalue weighted by atomic mass is 10.1. The van der Waals surface area contributed by atoms with Gasteiger partial charge in [-0.3, -0.25) is 0 Å². The lowest BCUT2D eigenvalue weighted by Crippen LogP contribution is -2.11. The van der Waals surface area contributed by atoms with E-state index in [4.69, 9.17) is 19.3 Å². The van der Waals surface area contributed by atoms with Crippen LogP contribution in [-0.4, -0.2) is 39.1 Å². The van der Waals surface area contributed by atoms with Gasteiger partial charge in [0.1, 0.15) is 0 Å². The Balaban J connectivity index is 2.85. The van der Waals surface area contributed by atoms with Crippen LogP contribution in [-0.2, 0) is 4.74 Å². The predicted octanol–water partition coefficient (Wildman–Crippen LogP) is 1.72. The third kappa shape index (κ3) is 3.76. The van der Waals surface area contributed by atoms with Crippen LogP contribution in [0.5, 0.6) is 11.5 Å². The third-order valence-corrected chi connectivity index (χ3v) is 2.39. The normalized spacial score (nSPS) is 12.7.